The fourth-order valence-electron chi connectivity index (χ4n) is 3.99. The van der Waals surface area contributed by atoms with Crippen molar-refractivity contribution in [2.75, 3.05) is 45.2 Å². The summed E-state index contributed by atoms with van der Waals surface area (Å²) in [5, 5.41) is 1.18. The third kappa shape index (κ3) is 6.36. The number of hydrogen-bond acceptors (Lipinski definition) is 7. The molecule has 0 saturated carbocycles. The molecule has 8 nitrogen and oxygen atoms in total. The van der Waals surface area contributed by atoms with Gasteiger partial charge in [-0.3, -0.25) is 9.69 Å². The number of aromatic nitrogens is 1. The van der Waals surface area contributed by atoms with Crippen LogP contribution in [0, 0.1) is 0 Å². The molecule has 0 N–H and O–H groups in total. The second kappa shape index (κ2) is 11.7. The van der Waals surface area contributed by atoms with E-state index in [-0.39, 0.29) is 35.4 Å². The van der Waals surface area contributed by atoms with E-state index in [4.69, 9.17) is 16.3 Å². The predicted octanol–water partition coefficient (Wildman–Crippen LogP) is 4.38. The van der Waals surface area contributed by atoms with Crippen LogP contribution in [0.4, 0.5) is 5.13 Å². The van der Waals surface area contributed by atoms with Gasteiger partial charge in [0.25, 0.3) is 5.91 Å². The topological polar surface area (TPSA) is 83.1 Å². The van der Waals surface area contributed by atoms with Crippen LogP contribution in [0.2, 0.25) is 5.02 Å². The van der Waals surface area contributed by atoms with Crippen LogP contribution in [0.25, 0.3) is 10.2 Å². The van der Waals surface area contributed by atoms with Gasteiger partial charge in [0.15, 0.2) is 5.13 Å². The van der Waals surface area contributed by atoms with Gasteiger partial charge in [-0.05, 0) is 70.4 Å². The zero-order valence-corrected chi connectivity index (χ0v) is 23.8. The molecule has 1 aromatic heterocycles. The van der Waals surface area contributed by atoms with Gasteiger partial charge in [0.05, 0.1) is 27.3 Å². The smallest absolute Gasteiger partial charge is 0.260 e. The molecule has 4 rings (SSSR count). The number of likely N-dealkylation sites (N-methyl/N-ethyl adjacent to an activating group) is 1. The van der Waals surface area contributed by atoms with Crippen molar-refractivity contribution in [3.63, 3.8) is 0 Å². The van der Waals surface area contributed by atoms with Crippen LogP contribution >= 0.6 is 35.3 Å². The van der Waals surface area contributed by atoms with Crippen molar-refractivity contribution in [1.82, 2.24) is 14.2 Å². The van der Waals surface area contributed by atoms with Gasteiger partial charge >= 0.3 is 0 Å². The molecule has 0 spiro atoms. The fourth-order valence-corrected chi connectivity index (χ4v) is 6.84. The molecule has 0 radical (unpaired) electrons. The van der Waals surface area contributed by atoms with E-state index in [2.05, 4.69) is 4.98 Å². The normalized spacial score (nSPS) is 18.8. The van der Waals surface area contributed by atoms with E-state index < -0.39 is 10.0 Å². The number of thiazole rings is 1. The summed E-state index contributed by atoms with van der Waals surface area (Å²) in [7, 11) is 0.190. The van der Waals surface area contributed by atoms with Gasteiger partial charge in [0.2, 0.25) is 10.0 Å². The number of carbonyl (C=O) groups excluding carboxylic acids is 1. The Bertz CT molecular complexity index is 1310. The van der Waals surface area contributed by atoms with Crippen molar-refractivity contribution in [2.24, 2.45) is 0 Å². The van der Waals surface area contributed by atoms with Crippen LogP contribution in [0.3, 0.4) is 0 Å². The average Bonchev–Trinajstić information content (AvgIpc) is 3.21. The van der Waals surface area contributed by atoms with Gasteiger partial charge in [-0.15, -0.1) is 12.4 Å². The summed E-state index contributed by atoms with van der Waals surface area (Å²) in [4.78, 5) is 21.9. The highest BCUT2D eigenvalue weighted by Crippen LogP contribution is 2.32. The van der Waals surface area contributed by atoms with Crippen molar-refractivity contribution in [2.45, 2.75) is 31.0 Å². The number of carbonyl (C=O) groups is 1. The van der Waals surface area contributed by atoms with E-state index in [1.54, 1.807) is 23.1 Å². The molecule has 36 heavy (non-hydrogen) atoms. The molecule has 2 heterocycles. The molecule has 12 heteroatoms. The maximum Gasteiger partial charge on any atom is 0.260 e. The Hall–Kier alpha value is -1.79. The number of anilines is 1. The third-order valence-corrected chi connectivity index (χ3v) is 8.83. The van der Waals surface area contributed by atoms with E-state index in [0.717, 1.165) is 10.2 Å². The van der Waals surface area contributed by atoms with Gasteiger partial charge in [-0.25, -0.2) is 13.4 Å². The van der Waals surface area contributed by atoms with Crippen molar-refractivity contribution >= 4 is 66.6 Å². The van der Waals surface area contributed by atoms with Crippen molar-refractivity contribution < 1.29 is 17.9 Å². The molecule has 1 fully saturated rings. The Morgan fingerprint density at radius 3 is 2.36 bits per heavy atom. The molecule has 1 amide bonds. The first-order valence-corrected chi connectivity index (χ1v) is 14.0. The number of nitrogens with zero attached hydrogens (tertiary/aromatic N) is 4. The van der Waals surface area contributed by atoms with Crippen molar-refractivity contribution in [1.29, 1.82) is 0 Å². The van der Waals surface area contributed by atoms with Crippen LogP contribution in [-0.2, 0) is 14.8 Å². The van der Waals surface area contributed by atoms with Gasteiger partial charge in [0, 0.05) is 36.8 Å². The molecule has 1 aliphatic rings. The molecular formula is C24H30Cl2N4O4S2. The minimum absolute atomic E-state index is 0. The Kier molecular flexibility index (Phi) is 9.37. The van der Waals surface area contributed by atoms with Gasteiger partial charge in [-0.1, -0.05) is 22.9 Å². The molecule has 2 atom stereocenters. The summed E-state index contributed by atoms with van der Waals surface area (Å²) in [6.07, 6.45) is -0.355. The SMILES string of the molecule is CC1CN(S(=O)(=O)c2ccc(C(=O)N(CCN(C)C)c3nc4ccc(Cl)cc4s3)cc2)CC(C)O1.Cl. The monoisotopic (exact) mass is 572 g/mol. The number of rotatable bonds is 7. The van der Waals surface area contributed by atoms with Crippen LogP contribution in [-0.4, -0.2) is 81.0 Å². The maximum atomic E-state index is 13.5. The first-order valence-electron chi connectivity index (χ1n) is 11.3. The number of hydrogen-bond donors (Lipinski definition) is 0. The lowest BCUT2D eigenvalue weighted by Crippen LogP contribution is -2.48. The Morgan fingerprint density at radius 1 is 1.11 bits per heavy atom. The molecule has 2 unspecified atom stereocenters. The lowest BCUT2D eigenvalue weighted by atomic mass is 10.2. The van der Waals surface area contributed by atoms with E-state index in [1.807, 2.05) is 45.0 Å². The number of fused-ring (bicyclic) bond motifs is 1. The predicted molar refractivity (Wildman–Crippen MR) is 147 cm³/mol. The summed E-state index contributed by atoms with van der Waals surface area (Å²) < 4.78 is 34.3. The van der Waals surface area contributed by atoms with Gasteiger partial charge < -0.3 is 9.64 Å². The largest absolute Gasteiger partial charge is 0.373 e. The minimum atomic E-state index is -3.69. The average molecular weight is 574 g/mol. The lowest BCUT2D eigenvalue weighted by Gasteiger charge is -2.34. The van der Waals surface area contributed by atoms with Crippen LogP contribution in [0.15, 0.2) is 47.4 Å². The first-order chi connectivity index (χ1) is 16.5. The highest BCUT2D eigenvalue weighted by molar-refractivity contribution is 7.89. The highest BCUT2D eigenvalue weighted by Gasteiger charge is 2.32. The summed E-state index contributed by atoms with van der Waals surface area (Å²) in [6.45, 7) is 5.39. The molecule has 196 valence electrons. The van der Waals surface area contributed by atoms with Crippen molar-refractivity contribution in [3.05, 3.63) is 53.1 Å². The maximum absolute atomic E-state index is 13.5. The number of morpholine rings is 1. The molecule has 0 aliphatic carbocycles. The highest BCUT2D eigenvalue weighted by atomic mass is 35.5. The van der Waals surface area contributed by atoms with E-state index >= 15 is 0 Å². The van der Waals surface area contributed by atoms with E-state index in [9.17, 15) is 13.2 Å². The zero-order valence-electron chi connectivity index (χ0n) is 20.5. The summed E-state index contributed by atoms with van der Waals surface area (Å²) in [6, 6.07) is 11.6. The van der Waals surface area contributed by atoms with Gasteiger partial charge in [-0.2, -0.15) is 4.31 Å². The van der Waals surface area contributed by atoms with E-state index in [1.165, 1.54) is 27.8 Å². The molecule has 1 saturated heterocycles. The summed E-state index contributed by atoms with van der Waals surface area (Å²) in [5.41, 5.74) is 1.16. The Balaban J connectivity index is 0.00000361. The summed E-state index contributed by atoms with van der Waals surface area (Å²) in [5.74, 6) is -0.241. The molecular weight excluding hydrogens is 543 g/mol. The lowest BCUT2D eigenvalue weighted by molar-refractivity contribution is -0.0440. The summed E-state index contributed by atoms with van der Waals surface area (Å²) >= 11 is 7.52. The molecule has 1 aliphatic heterocycles. The number of sulfonamides is 1. The molecule has 2 aromatic carbocycles. The third-order valence-electron chi connectivity index (χ3n) is 5.71. The second-order valence-corrected chi connectivity index (χ2v) is 12.4. The molecule has 0 bridgehead atoms. The Morgan fingerprint density at radius 2 is 1.75 bits per heavy atom. The van der Waals surface area contributed by atoms with E-state index in [0.29, 0.717) is 41.9 Å². The number of halogens is 2. The fraction of sp³-hybridized carbons (Fsp3) is 0.417. The first kappa shape index (κ1) is 28.8. The number of ether oxygens (including phenoxy) is 1. The minimum Gasteiger partial charge on any atom is -0.373 e. The van der Waals surface area contributed by atoms with Crippen LogP contribution < -0.4 is 4.90 Å². The van der Waals surface area contributed by atoms with Crippen LogP contribution in [0.1, 0.15) is 24.2 Å². The van der Waals surface area contributed by atoms with Crippen LogP contribution in [0.5, 0.6) is 0 Å². The standard InChI is InChI=1S/C24H29ClN4O4S2.ClH/c1-16-14-28(15-17(2)33-16)35(31,32)20-8-5-18(6-9-20)23(30)29(12-11-27(3)4)24-26-21-10-7-19(25)13-22(21)34-24;/h5-10,13,16-17H,11-12,14-15H2,1-4H3;1H. The van der Waals surface area contributed by atoms with Gasteiger partial charge in [0.1, 0.15) is 0 Å². The molecule has 3 aromatic rings. The quantitative estimate of drug-likeness (QED) is 0.418. The second-order valence-electron chi connectivity index (χ2n) is 8.97. The Labute approximate surface area is 227 Å². The zero-order chi connectivity index (χ0) is 25.3. The van der Waals surface area contributed by atoms with Crippen molar-refractivity contribution in [3.8, 4) is 0 Å². The number of benzene rings is 2. The number of amides is 1.